The lowest BCUT2D eigenvalue weighted by atomic mass is 9.94. The van der Waals surface area contributed by atoms with Crippen LogP contribution in [0.2, 0.25) is 0 Å². The van der Waals surface area contributed by atoms with Gasteiger partial charge in [-0.1, -0.05) is 30.3 Å². The van der Waals surface area contributed by atoms with Crippen LogP contribution in [-0.4, -0.2) is 22.1 Å². The van der Waals surface area contributed by atoms with Gasteiger partial charge in [0.1, 0.15) is 0 Å². The average Bonchev–Trinajstić information content (AvgIpc) is 2.27. The van der Waals surface area contributed by atoms with Crippen molar-refractivity contribution in [1.29, 1.82) is 0 Å². The number of hydrogen-bond donors (Lipinski definition) is 3. The monoisotopic (exact) mass is 276 g/mol. The van der Waals surface area contributed by atoms with E-state index >= 15 is 0 Å². The molecule has 1 fully saturated rings. The van der Waals surface area contributed by atoms with Crippen LogP contribution in [0.25, 0.3) is 0 Å². The van der Waals surface area contributed by atoms with E-state index in [9.17, 15) is 18.3 Å². The summed E-state index contributed by atoms with van der Waals surface area (Å²) < 4.78 is 38.4. The molecule has 1 aliphatic heterocycles. The van der Waals surface area contributed by atoms with Crippen LogP contribution in [0.5, 0.6) is 0 Å². The number of nitrogens with one attached hydrogen (secondary N) is 2. The minimum absolute atomic E-state index is 0.213. The summed E-state index contributed by atoms with van der Waals surface area (Å²) in [4.78, 5) is 0. The third-order valence-electron chi connectivity index (χ3n) is 2.80. The maximum atomic E-state index is 12.8. The van der Waals surface area contributed by atoms with Gasteiger partial charge in [-0.3, -0.25) is 0 Å². The molecule has 7 heteroatoms. The van der Waals surface area contributed by atoms with Crippen LogP contribution in [0.15, 0.2) is 30.3 Å². The van der Waals surface area contributed by atoms with Crippen molar-refractivity contribution in [3.8, 4) is 0 Å². The van der Waals surface area contributed by atoms with Gasteiger partial charge in [-0.25, -0.2) is 0 Å². The maximum absolute atomic E-state index is 12.8. The molecule has 1 heterocycles. The predicted molar refractivity (Wildman–Crippen MR) is 63.7 cm³/mol. The van der Waals surface area contributed by atoms with Crippen LogP contribution in [0.4, 0.5) is 13.2 Å². The molecule has 0 bridgehead atoms. The summed E-state index contributed by atoms with van der Waals surface area (Å²) in [5, 5.41) is 14.0. The first-order valence-corrected chi connectivity index (χ1v) is 5.65. The van der Waals surface area contributed by atoms with E-state index in [4.69, 9.17) is 12.2 Å². The molecule has 0 radical (unpaired) electrons. The fourth-order valence-electron chi connectivity index (χ4n) is 1.85. The third-order valence-corrected chi connectivity index (χ3v) is 3.02. The van der Waals surface area contributed by atoms with Crippen LogP contribution < -0.4 is 10.6 Å². The van der Waals surface area contributed by atoms with Crippen molar-refractivity contribution in [2.24, 2.45) is 0 Å². The van der Waals surface area contributed by atoms with Crippen LogP contribution in [-0.2, 0) is 0 Å². The average molecular weight is 276 g/mol. The zero-order valence-electron chi connectivity index (χ0n) is 9.16. The largest absolute Gasteiger partial charge is 0.436 e. The number of benzene rings is 1. The maximum Gasteiger partial charge on any atom is 0.436 e. The highest BCUT2D eigenvalue weighted by Crippen LogP contribution is 2.37. The lowest BCUT2D eigenvalue weighted by molar-refractivity contribution is -0.273. The number of aliphatic hydroxyl groups is 1. The molecule has 1 aromatic rings. The molecule has 0 saturated carbocycles. The second-order valence-corrected chi connectivity index (χ2v) is 4.53. The van der Waals surface area contributed by atoms with E-state index in [1.165, 1.54) is 0 Å². The Bertz CT molecular complexity index is 451. The first-order chi connectivity index (χ1) is 8.32. The van der Waals surface area contributed by atoms with Gasteiger partial charge in [-0.05, 0) is 17.8 Å². The van der Waals surface area contributed by atoms with Gasteiger partial charge in [0, 0.05) is 6.42 Å². The quantitative estimate of drug-likeness (QED) is 0.685. The van der Waals surface area contributed by atoms with E-state index < -0.39 is 24.4 Å². The number of rotatable bonds is 1. The molecular formula is C11H11F3N2OS. The minimum Gasteiger partial charge on any atom is -0.363 e. The molecule has 3 nitrogen and oxygen atoms in total. The normalized spacial score (nSPS) is 28.4. The molecule has 2 atom stereocenters. The van der Waals surface area contributed by atoms with E-state index in [1.807, 2.05) is 5.32 Å². The minimum atomic E-state index is -4.79. The molecule has 0 spiro atoms. The zero-order valence-corrected chi connectivity index (χ0v) is 9.98. The van der Waals surface area contributed by atoms with Crippen molar-refractivity contribution in [1.82, 2.24) is 10.6 Å². The standard InChI is InChI=1S/C11H11F3N2OS/c12-11(13,14)10(17)6-8(15-9(18)16-10)7-4-2-1-3-5-7/h1-5,8,17H,6H2,(H2,15,16,18)/t8-,10+/m1/s1. The van der Waals surface area contributed by atoms with Gasteiger partial charge in [0.05, 0.1) is 6.04 Å². The topological polar surface area (TPSA) is 44.3 Å². The summed E-state index contributed by atoms with van der Waals surface area (Å²) in [6.45, 7) is 0. The second kappa shape index (κ2) is 4.40. The SMILES string of the molecule is O[C@]1(C(F)(F)F)C[C@H](c2ccccc2)NC(=S)N1. The van der Waals surface area contributed by atoms with Crippen LogP contribution in [0.3, 0.4) is 0 Å². The Balaban J connectivity index is 2.28. The molecule has 18 heavy (non-hydrogen) atoms. The summed E-state index contributed by atoms with van der Waals surface area (Å²) in [7, 11) is 0. The molecule has 0 aromatic heterocycles. The summed E-state index contributed by atoms with van der Waals surface area (Å²) >= 11 is 4.72. The Morgan fingerprint density at radius 2 is 1.89 bits per heavy atom. The first kappa shape index (κ1) is 13.1. The molecule has 1 aliphatic rings. The Morgan fingerprint density at radius 1 is 1.28 bits per heavy atom. The molecule has 0 amide bonds. The molecule has 1 aromatic carbocycles. The van der Waals surface area contributed by atoms with E-state index in [2.05, 4.69) is 5.32 Å². The molecule has 1 saturated heterocycles. The number of thiocarbonyl (C=S) groups is 1. The van der Waals surface area contributed by atoms with Gasteiger partial charge in [-0.15, -0.1) is 0 Å². The van der Waals surface area contributed by atoms with Crippen molar-refractivity contribution in [2.75, 3.05) is 0 Å². The van der Waals surface area contributed by atoms with Crippen molar-refractivity contribution >= 4 is 17.3 Å². The van der Waals surface area contributed by atoms with Gasteiger partial charge in [0.25, 0.3) is 0 Å². The van der Waals surface area contributed by atoms with Crippen LogP contribution >= 0.6 is 12.2 Å². The van der Waals surface area contributed by atoms with Gasteiger partial charge in [0.15, 0.2) is 5.11 Å². The third kappa shape index (κ3) is 2.41. The van der Waals surface area contributed by atoms with Crippen LogP contribution in [0, 0.1) is 0 Å². The fourth-order valence-corrected chi connectivity index (χ4v) is 2.16. The predicted octanol–water partition coefficient (Wildman–Crippen LogP) is 1.85. The fraction of sp³-hybridized carbons (Fsp3) is 0.364. The number of hydrogen-bond acceptors (Lipinski definition) is 2. The molecule has 0 unspecified atom stereocenters. The van der Waals surface area contributed by atoms with Crippen molar-refractivity contribution in [3.05, 3.63) is 35.9 Å². The lowest BCUT2D eigenvalue weighted by Crippen LogP contribution is -2.66. The molecule has 2 rings (SSSR count). The lowest BCUT2D eigenvalue weighted by Gasteiger charge is -2.40. The van der Waals surface area contributed by atoms with Crippen molar-refractivity contribution in [3.63, 3.8) is 0 Å². The highest BCUT2D eigenvalue weighted by atomic mass is 32.1. The van der Waals surface area contributed by atoms with E-state index in [1.54, 1.807) is 30.3 Å². The second-order valence-electron chi connectivity index (χ2n) is 4.12. The zero-order chi connectivity index (χ0) is 13.4. The Kier molecular flexibility index (Phi) is 3.20. The highest BCUT2D eigenvalue weighted by molar-refractivity contribution is 7.80. The molecule has 98 valence electrons. The number of halogens is 3. The Hall–Kier alpha value is -1.34. The highest BCUT2D eigenvalue weighted by Gasteiger charge is 2.57. The van der Waals surface area contributed by atoms with E-state index in [-0.39, 0.29) is 5.11 Å². The Labute approximate surface area is 107 Å². The Morgan fingerprint density at radius 3 is 2.44 bits per heavy atom. The van der Waals surface area contributed by atoms with Gasteiger partial charge >= 0.3 is 6.18 Å². The van der Waals surface area contributed by atoms with Gasteiger partial charge < -0.3 is 15.7 Å². The summed E-state index contributed by atoms with van der Waals surface area (Å²) in [5.41, 5.74) is -2.35. The summed E-state index contributed by atoms with van der Waals surface area (Å²) in [6, 6.07) is 7.89. The van der Waals surface area contributed by atoms with E-state index in [0.29, 0.717) is 5.56 Å². The molecule has 3 N–H and O–H groups in total. The summed E-state index contributed by atoms with van der Waals surface area (Å²) in [6.07, 6.45) is -5.33. The molecular weight excluding hydrogens is 265 g/mol. The molecule has 0 aliphatic carbocycles. The van der Waals surface area contributed by atoms with Gasteiger partial charge in [0.2, 0.25) is 5.72 Å². The summed E-state index contributed by atoms with van der Waals surface area (Å²) in [5.74, 6) is 0. The van der Waals surface area contributed by atoms with Gasteiger partial charge in [-0.2, -0.15) is 13.2 Å². The smallest absolute Gasteiger partial charge is 0.363 e. The van der Waals surface area contributed by atoms with Crippen molar-refractivity contribution in [2.45, 2.75) is 24.4 Å². The van der Waals surface area contributed by atoms with E-state index in [0.717, 1.165) is 0 Å². The van der Waals surface area contributed by atoms with Crippen LogP contribution in [0.1, 0.15) is 18.0 Å². The van der Waals surface area contributed by atoms with Crippen molar-refractivity contribution < 1.29 is 18.3 Å². The first-order valence-electron chi connectivity index (χ1n) is 5.24. The number of alkyl halides is 3.